The molecule has 2 aromatic rings. The van der Waals surface area contributed by atoms with Crippen LogP contribution in [0.1, 0.15) is 22.9 Å². The summed E-state index contributed by atoms with van der Waals surface area (Å²) in [6, 6.07) is 11.6. The van der Waals surface area contributed by atoms with Crippen LogP contribution in [0.3, 0.4) is 0 Å². The maximum Gasteiger partial charge on any atom is 0.119 e. The third-order valence-corrected chi connectivity index (χ3v) is 2.94. The van der Waals surface area contributed by atoms with Crippen molar-refractivity contribution in [3.8, 4) is 5.75 Å². The van der Waals surface area contributed by atoms with Crippen LogP contribution in [0.5, 0.6) is 5.75 Å². The third-order valence-electron chi connectivity index (χ3n) is 2.94. The van der Waals surface area contributed by atoms with Crippen LogP contribution < -0.4 is 16.0 Å². The molecule has 0 radical (unpaired) electrons. The van der Waals surface area contributed by atoms with Gasteiger partial charge in [-0.3, -0.25) is 10.8 Å². The van der Waals surface area contributed by atoms with Crippen molar-refractivity contribution in [3.05, 3.63) is 59.4 Å². The fraction of sp³-hybridized carbons (Fsp3) is 0.214. The summed E-state index contributed by atoms with van der Waals surface area (Å²) in [5, 5.41) is 0. The summed E-state index contributed by atoms with van der Waals surface area (Å²) in [6.07, 6.45) is 1.76. The molecule has 0 aliphatic carbocycles. The second-order valence-electron chi connectivity index (χ2n) is 4.08. The number of methoxy groups -OCH3 is 1. The van der Waals surface area contributed by atoms with Gasteiger partial charge in [-0.05, 0) is 42.3 Å². The molecular formula is C14H17N3O. The average Bonchev–Trinajstić information content (AvgIpc) is 2.42. The number of nitrogens with one attached hydrogen (secondary N) is 1. The van der Waals surface area contributed by atoms with Crippen molar-refractivity contribution in [3.63, 3.8) is 0 Å². The second-order valence-corrected chi connectivity index (χ2v) is 4.08. The Morgan fingerprint density at radius 2 is 2.11 bits per heavy atom. The van der Waals surface area contributed by atoms with Gasteiger partial charge in [0, 0.05) is 6.20 Å². The summed E-state index contributed by atoms with van der Waals surface area (Å²) in [5.74, 6) is 6.50. The van der Waals surface area contributed by atoms with Crippen LogP contribution in [-0.2, 0) is 0 Å². The Labute approximate surface area is 107 Å². The molecule has 1 unspecified atom stereocenters. The van der Waals surface area contributed by atoms with Gasteiger partial charge in [0.2, 0.25) is 0 Å². The van der Waals surface area contributed by atoms with E-state index in [0.717, 1.165) is 22.6 Å². The molecule has 1 aromatic heterocycles. The molecule has 1 aromatic carbocycles. The predicted molar refractivity (Wildman–Crippen MR) is 71.1 cm³/mol. The third kappa shape index (κ3) is 2.50. The first kappa shape index (κ1) is 12.5. The molecule has 3 N–H and O–H groups in total. The predicted octanol–water partition coefficient (Wildman–Crippen LogP) is 1.95. The van der Waals surface area contributed by atoms with Crippen molar-refractivity contribution in [2.75, 3.05) is 7.11 Å². The highest BCUT2D eigenvalue weighted by Crippen LogP contribution is 2.25. The van der Waals surface area contributed by atoms with Gasteiger partial charge >= 0.3 is 0 Å². The van der Waals surface area contributed by atoms with Crippen LogP contribution in [0.25, 0.3) is 0 Å². The Hall–Kier alpha value is -1.91. The minimum absolute atomic E-state index is 0.114. The van der Waals surface area contributed by atoms with E-state index >= 15 is 0 Å². The van der Waals surface area contributed by atoms with E-state index in [4.69, 9.17) is 10.6 Å². The molecule has 0 fully saturated rings. The van der Waals surface area contributed by atoms with Gasteiger partial charge in [0.25, 0.3) is 0 Å². The first-order chi connectivity index (χ1) is 8.76. The number of pyridine rings is 1. The zero-order chi connectivity index (χ0) is 13.0. The Bertz CT molecular complexity index is 514. The molecule has 0 spiro atoms. The lowest BCUT2D eigenvalue weighted by molar-refractivity contribution is 0.414. The summed E-state index contributed by atoms with van der Waals surface area (Å²) in [5.41, 5.74) is 5.91. The normalized spacial score (nSPS) is 12.2. The second kappa shape index (κ2) is 5.62. The Kier molecular flexibility index (Phi) is 3.92. The highest BCUT2D eigenvalue weighted by Gasteiger charge is 2.15. The van der Waals surface area contributed by atoms with Gasteiger partial charge in [-0.2, -0.15) is 0 Å². The van der Waals surface area contributed by atoms with E-state index in [-0.39, 0.29) is 6.04 Å². The summed E-state index contributed by atoms with van der Waals surface area (Å²) in [4.78, 5) is 4.34. The largest absolute Gasteiger partial charge is 0.497 e. The van der Waals surface area contributed by atoms with E-state index in [1.54, 1.807) is 13.3 Å². The van der Waals surface area contributed by atoms with E-state index in [2.05, 4.69) is 10.4 Å². The Morgan fingerprint density at radius 3 is 2.67 bits per heavy atom. The average molecular weight is 243 g/mol. The van der Waals surface area contributed by atoms with Gasteiger partial charge < -0.3 is 4.74 Å². The Morgan fingerprint density at radius 1 is 1.28 bits per heavy atom. The van der Waals surface area contributed by atoms with E-state index in [9.17, 15) is 0 Å². The fourth-order valence-corrected chi connectivity index (χ4v) is 1.98. The van der Waals surface area contributed by atoms with Crippen LogP contribution in [0.2, 0.25) is 0 Å². The number of hydrogen-bond donors (Lipinski definition) is 2. The molecule has 4 nitrogen and oxygen atoms in total. The fourth-order valence-electron chi connectivity index (χ4n) is 1.98. The highest BCUT2D eigenvalue weighted by atomic mass is 16.5. The lowest BCUT2D eigenvalue weighted by atomic mass is 9.98. The van der Waals surface area contributed by atoms with Gasteiger partial charge in [-0.25, -0.2) is 5.43 Å². The number of benzene rings is 1. The van der Waals surface area contributed by atoms with Crippen LogP contribution >= 0.6 is 0 Å². The van der Waals surface area contributed by atoms with E-state index < -0.39 is 0 Å². The summed E-state index contributed by atoms with van der Waals surface area (Å²) in [7, 11) is 1.66. The van der Waals surface area contributed by atoms with Crippen LogP contribution in [-0.4, -0.2) is 12.1 Å². The van der Waals surface area contributed by atoms with E-state index in [1.807, 2.05) is 43.3 Å². The molecule has 1 atom stereocenters. The molecule has 4 heteroatoms. The molecule has 1 heterocycles. The lowest BCUT2D eigenvalue weighted by Crippen LogP contribution is -2.30. The number of ether oxygens (including phenoxy) is 1. The van der Waals surface area contributed by atoms with Crippen LogP contribution in [0.15, 0.2) is 42.6 Å². The summed E-state index contributed by atoms with van der Waals surface area (Å²) >= 11 is 0. The van der Waals surface area contributed by atoms with Crippen molar-refractivity contribution < 1.29 is 4.74 Å². The van der Waals surface area contributed by atoms with Gasteiger partial charge in [0.15, 0.2) is 0 Å². The standard InChI is InChI=1S/C14H17N3O/c1-10-9-11(18-2)6-7-12(10)14(17-15)13-5-3-4-8-16-13/h3-9,14,17H,15H2,1-2H3. The molecule has 0 aliphatic heterocycles. The van der Waals surface area contributed by atoms with Gasteiger partial charge in [0.05, 0.1) is 18.8 Å². The van der Waals surface area contributed by atoms with Gasteiger partial charge in [-0.1, -0.05) is 12.1 Å². The summed E-state index contributed by atoms with van der Waals surface area (Å²) in [6.45, 7) is 2.03. The monoisotopic (exact) mass is 243 g/mol. The van der Waals surface area contributed by atoms with Crippen molar-refractivity contribution in [1.29, 1.82) is 0 Å². The van der Waals surface area contributed by atoms with E-state index in [0.29, 0.717) is 0 Å². The van der Waals surface area contributed by atoms with E-state index in [1.165, 1.54) is 0 Å². The lowest BCUT2D eigenvalue weighted by Gasteiger charge is -2.18. The van der Waals surface area contributed by atoms with Crippen molar-refractivity contribution in [2.45, 2.75) is 13.0 Å². The zero-order valence-electron chi connectivity index (χ0n) is 10.6. The molecule has 0 saturated heterocycles. The highest BCUT2D eigenvalue weighted by molar-refractivity contribution is 5.39. The first-order valence-electron chi connectivity index (χ1n) is 5.78. The number of hydrogen-bond acceptors (Lipinski definition) is 4. The van der Waals surface area contributed by atoms with Crippen LogP contribution in [0.4, 0.5) is 0 Å². The zero-order valence-corrected chi connectivity index (χ0v) is 10.6. The molecule has 0 bridgehead atoms. The molecule has 2 rings (SSSR count). The number of nitrogens with zero attached hydrogens (tertiary/aromatic N) is 1. The number of aromatic nitrogens is 1. The number of hydrazine groups is 1. The number of rotatable bonds is 4. The Balaban J connectivity index is 2.39. The van der Waals surface area contributed by atoms with Crippen molar-refractivity contribution in [2.24, 2.45) is 5.84 Å². The maximum absolute atomic E-state index is 5.66. The molecule has 0 saturated carbocycles. The molecule has 0 amide bonds. The molecule has 0 aliphatic rings. The first-order valence-corrected chi connectivity index (χ1v) is 5.78. The van der Waals surface area contributed by atoms with Crippen molar-refractivity contribution in [1.82, 2.24) is 10.4 Å². The molecular weight excluding hydrogens is 226 g/mol. The molecule has 94 valence electrons. The number of aryl methyl sites for hydroxylation is 1. The molecule has 18 heavy (non-hydrogen) atoms. The van der Waals surface area contributed by atoms with Crippen molar-refractivity contribution >= 4 is 0 Å². The van der Waals surface area contributed by atoms with Crippen LogP contribution in [0, 0.1) is 6.92 Å². The maximum atomic E-state index is 5.66. The topological polar surface area (TPSA) is 60.2 Å². The SMILES string of the molecule is COc1ccc(C(NN)c2ccccn2)c(C)c1. The van der Waals surface area contributed by atoms with Gasteiger partial charge in [-0.15, -0.1) is 0 Å². The quantitative estimate of drug-likeness (QED) is 0.636. The minimum Gasteiger partial charge on any atom is -0.497 e. The number of nitrogens with two attached hydrogens (primary N) is 1. The summed E-state index contributed by atoms with van der Waals surface area (Å²) < 4.78 is 5.20. The smallest absolute Gasteiger partial charge is 0.119 e. The van der Waals surface area contributed by atoms with Gasteiger partial charge in [0.1, 0.15) is 5.75 Å². The minimum atomic E-state index is -0.114.